The van der Waals surface area contributed by atoms with Gasteiger partial charge in [-0.1, -0.05) is 24.6 Å². The molecule has 0 saturated heterocycles. The fourth-order valence-electron chi connectivity index (χ4n) is 3.12. The van der Waals surface area contributed by atoms with Crippen molar-refractivity contribution in [2.24, 2.45) is 11.0 Å². The third-order valence-corrected chi connectivity index (χ3v) is 4.25. The van der Waals surface area contributed by atoms with Gasteiger partial charge in [0.25, 0.3) is 11.6 Å². The van der Waals surface area contributed by atoms with Gasteiger partial charge in [0.15, 0.2) is 0 Å². The lowest BCUT2D eigenvalue weighted by molar-refractivity contribution is -0.312. The molecule has 1 aromatic carbocycles. The predicted molar refractivity (Wildman–Crippen MR) is 73.0 cm³/mol. The van der Waals surface area contributed by atoms with Crippen molar-refractivity contribution in [3.8, 4) is 0 Å². The Morgan fingerprint density at radius 2 is 1.95 bits per heavy atom. The van der Waals surface area contributed by atoms with Crippen molar-refractivity contribution in [3.63, 3.8) is 0 Å². The van der Waals surface area contributed by atoms with Gasteiger partial charge in [-0.05, 0) is 31.4 Å². The van der Waals surface area contributed by atoms with Crippen molar-refractivity contribution in [2.75, 3.05) is 0 Å². The third-order valence-electron chi connectivity index (χ3n) is 4.25. The first kappa shape index (κ1) is 15.0. The zero-order valence-electron chi connectivity index (χ0n) is 11.7. The van der Waals surface area contributed by atoms with Crippen LogP contribution in [0.5, 0.6) is 0 Å². The monoisotopic (exact) mass is 312 g/mol. The molecule has 4 nitrogen and oxygen atoms in total. The van der Waals surface area contributed by atoms with Crippen molar-refractivity contribution in [1.29, 1.82) is 0 Å². The largest absolute Gasteiger partial charge is 0.439 e. The minimum atomic E-state index is -4.97. The minimum Gasteiger partial charge on any atom is -0.362 e. The molecule has 1 heterocycles. The average molecular weight is 312 g/mol. The van der Waals surface area contributed by atoms with Crippen molar-refractivity contribution >= 4 is 11.6 Å². The van der Waals surface area contributed by atoms with Crippen LogP contribution in [0.1, 0.15) is 36.0 Å². The molecule has 1 fully saturated rings. The van der Waals surface area contributed by atoms with Crippen molar-refractivity contribution < 1.29 is 23.1 Å². The number of aliphatic hydroxyl groups is 1. The molecule has 0 bridgehead atoms. The number of hydrazone groups is 1. The minimum absolute atomic E-state index is 0.0631. The first-order valence-electron chi connectivity index (χ1n) is 7.12. The number of alkyl halides is 3. The van der Waals surface area contributed by atoms with E-state index < -0.39 is 23.7 Å². The van der Waals surface area contributed by atoms with Gasteiger partial charge in [-0.15, -0.1) is 0 Å². The summed E-state index contributed by atoms with van der Waals surface area (Å²) in [5.41, 5.74) is -2.93. The molecule has 7 heteroatoms. The van der Waals surface area contributed by atoms with Crippen LogP contribution in [0.25, 0.3) is 0 Å². The summed E-state index contributed by atoms with van der Waals surface area (Å²) < 4.78 is 40.6. The smallest absolute Gasteiger partial charge is 0.362 e. The van der Waals surface area contributed by atoms with Crippen LogP contribution in [0.3, 0.4) is 0 Å². The van der Waals surface area contributed by atoms with Gasteiger partial charge in [0.2, 0.25) is 0 Å². The topological polar surface area (TPSA) is 52.9 Å². The van der Waals surface area contributed by atoms with E-state index in [0.29, 0.717) is 12.8 Å². The molecule has 1 N–H and O–H groups in total. The Labute approximate surface area is 125 Å². The van der Waals surface area contributed by atoms with E-state index in [2.05, 4.69) is 5.10 Å². The van der Waals surface area contributed by atoms with Crippen LogP contribution >= 0.6 is 0 Å². The molecule has 22 heavy (non-hydrogen) atoms. The lowest BCUT2D eigenvalue weighted by atomic mass is 9.80. The summed E-state index contributed by atoms with van der Waals surface area (Å²) in [7, 11) is 0. The Morgan fingerprint density at radius 1 is 1.27 bits per heavy atom. The second-order valence-corrected chi connectivity index (χ2v) is 5.60. The zero-order chi connectivity index (χ0) is 16.0. The highest BCUT2D eigenvalue weighted by Gasteiger charge is 2.68. The molecule has 1 aromatic rings. The number of nitrogens with zero attached hydrogens (tertiary/aromatic N) is 2. The number of rotatable bonds is 1. The maximum atomic E-state index is 13.5. The fraction of sp³-hybridized carbons (Fsp3) is 0.467. The first-order valence-corrected chi connectivity index (χ1v) is 7.12. The molecule has 1 aliphatic heterocycles. The Balaban J connectivity index is 2.04. The van der Waals surface area contributed by atoms with Crippen LogP contribution in [0.2, 0.25) is 0 Å². The van der Waals surface area contributed by atoms with Crippen molar-refractivity contribution in [3.05, 3.63) is 35.9 Å². The number of amides is 1. The highest BCUT2D eigenvalue weighted by Crippen LogP contribution is 2.48. The van der Waals surface area contributed by atoms with E-state index in [1.54, 1.807) is 18.2 Å². The maximum Gasteiger partial charge on any atom is 0.439 e. The van der Waals surface area contributed by atoms with E-state index in [-0.39, 0.29) is 22.7 Å². The summed E-state index contributed by atoms with van der Waals surface area (Å²) in [6.45, 7) is 0. The number of hydrogen-bond donors (Lipinski definition) is 1. The molecule has 3 rings (SSSR count). The second kappa shape index (κ2) is 5.08. The quantitative estimate of drug-likeness (QED) is 0.867. The molecule has 1 saturated carbocycles. The molecule has 2 atom stereocenters. The Morgan fingerprint density at radius 3 is 2.59 bits per heavy atom. The zero-order valence-corrected chi connectivity index (χ0v) is 11.7. The van der Waals surface area contributed by atoms with Crippen LogP contribution in [-0.2, 0) is 0 Å². The summed E-state index contributed by atoms with van der Waals surface area (Å²) >= 11 is 0. The number of carbonyl (C=O) groups is 1. The molecule has 1 amide bonds. The molecule has 2 aliphatic rings. The fourth-order valence-corrected chi connectivity index (χ4v) is 3.12. The normalized spacial score (nSPS) is 28.3. The number of halogens is 3. The van der Waals surface area contributed by atoms with E-state index in [0.717, 1.165) is 6.42 Å². The number of hydrogen-bond acceptors (Lipinski definition) is 3. The molecule has 1 aliphatic carbocycles. The number of fused-ring (bicyclic) bond motifs is 1. The third kappa shape index (κ3) is 2.11. The molecule has 0 spiro atoms. The maximum absolute atomic E-state index is 13.5. The second-order valence-electron chi connectivity index (χ2n) is 5.60. The van der Waals surface area contributed by atoms with Gasteiger partial charge in [-0.2, -0.15) is 23.3 Å². The van der Waals surface area contributed by atoms with E-state index in [1.807, 2.05) is 0 Å². The summed E-state index contributed by atoms with van der Waals surface area (Å²) in [6.07, 6.45) is -3.12. The Kier molecular flexibility index (Phi) is 3.47. The van der Waals surface area contributed by atoms with E-state index in [1.165, 1.54) is 12.1 Å². The van der Waals surface area contributed by atoms with Gasteiger partial charge in [-0.25, -0.2) is 0 Å². The first-order chi connectivity index (χ1) is 10.4. The van der Waals surface area contributed by atoms with Gasteiger partial charge in [0.05, 0.1) is 5.92 Å². The summed E-state index contributed by atoms with van der Waals surface area (Å²) in [6, 6.07) is 7.57. The van der Waals surface area contributed by atoms with E-state index in [4.69, 9.17) is 0 Å². The number of benzene rings is 1. The summed E-state index contributed by atoms with van der Waals surface area (Å²) in [4.78, 5) is 12.4. The van der Waals surface area contributed by atoms with Crippen LogP contribution < -0.4 is 0 Å². The Bertz CT molecular complexity index is 615. The van der Waals surface area contributed by atoms with Crippen LogP contribution in [-0.4, -0.2) is 33.6 Å². The summed E-state index contributed by atoms with van der Waals surface area (Å²) in [5.74, 6) is -2.11. The van der Waals surface area contributed by atoms with Crippen LogP contribution in [0.15, 0.2) is 35.4 Å². The lowest BCUT2D eigenvalue weighted by Crippen LogP contribution is -2.61. The SMILES string of the molecule is O=C(c1ccccc1)N1N=C2CCCC[C@H]2[C@]1(O)C(F)(F)F. The van der Waals surface area contributed by atoms with E-state index >= 15 is 0 Å². The van der Waals surface area contributed by atoms with Gasteiger partial charge in [0, 0.05) is 11.3 Å². The van der Waals surface area contributed by atoms with Crippen molar-refractivity contribution in [1.82, 2.24) is 5.01 Å². The van der Waals surface area contributed by atoms with Gasteiger partial charge >= 0.3 is 6.18 Å². The molecule has 118 valence electrons. The molecule has 0 unspecified atom stereocenters. The Hall–Kier alpha value is -1.89. The predicted octanol–water partition coefficient (Wildman–Crippen LogP) is 2.94. The molecule has 0 radical (unpaired) electrons. The number of carbonyl (C=O) groups excluding carboxylic acids is 1. The molecule has 0 aromatic heterocycles. The van der Waals surface area contributed by atoms with E-state index in [9.17, 15) is 23.1 Å². The molecular formula is C15H15F3N2O2. The lowest BCUT2D eigenvalue weighted by Gasteiger charge is -2.38. The van der Waals surface area contributed by atoms with Gasteiger partial charge in [-0.3, -0.25) is 4.79 Å². The average Bonchev–Trinajstić information content (AvgIpc) is 2.82. The highest BCUT2D eigenvalue weighted by atomic mass is 19.4. The standard InChI is InChI=1S/C15H15F3N2O2/c16-15(17,18)14(22)11-8-4-5-9-12(11)19-20(14)13(21)10-6-2-1-3-7-10/h1-3,6-7,11,22H,4-5,8-9H2/t11-,14+/m1/s1. The van der Waals surface area contributed by atoms with Crippen molar-refractivity contribution in [2.45, 2.75) is 37.6 Å². The highest BCUT2D eigenvalue weighted by molar-refractivity contribution is 5.99. The van der Waals surface area contributed by atoms with Crippen LogP contribution in [0.4, 0.5) is 13.2 Å². The summed E-state index contributed by atoms with van der Waals surface area (Å²) in [5, 5.41) is 14.4. The molecular weight excluding hydrogens is 297 g/mol. The van der Waals surface area contributed by atoms with Gasteiger partial charge < -0.3 is 5.11 Å². The van der Waals surface area contributed by atoms with Crippen LogP contribution in [0, 0.1) is 5.92 Å². The van der Waals surface area contributed by atoms with Gasteiger partial charge in [0.1, 0.15) is 0 Å².